The molecule has 0 bridgehead atoms. The quantitative estimate of drug-likeness (QED) is 0.540. The Bertz CT molecular complexity index is 476. The van der Waals surface area contributed by atoms with Crippen LogP contribution in [0.4, 0.5) is 0 Å². The number of benzene rings is 1. The summed E-state index contributed by atoms with van der Waals surface area (Å²) >= 11 is 0. The molecule has 0 fully saturated rings. The van der Waals surface area contributed by atoms with E-state index in [1.54, 1.807) is 24.3 Å². The highest BCUT2D eigenvalue weighted by Gasteiger charge is 1.99. The number of aromatic nitrogens is 2. The molecule has 4 heteroatoms. The molecule has 2 rings (SSSR count). The van der Waals surface area contributed by atoms with Crippen LogP contribution in [-0.2, 0) is 0 Å². The van der Waals surface area contributed by atoms with Crippen LogP contribution in [0.15, 0.2) is 36.5 Å². The molecule has 0 saturated carbocycles. The molecular formula is C8H6N2O2. The van der Waals surface area contributed by atoms with Crippen LogP contribution in [-0.4, -0.2) is 4.85 Å². The van der Waals surface area contributed by atoms with Crippen LogP contribution in [0.25, 0.3) is 10.9 Å². The maximum absolute atomic E-state index is 11.1. The van der Waals surface area contributed by atoms with Gasteiger partial charge in [0.25, 0.3) is 6.20 Å². The smallest absolute Gasteiger partial charge is 0.258 e. The molecule has 0 spiro atoms. The van der Waals surface area contributed by atoms with Gasteiger partial charge in [-0.3, -0.25) is 0 Å². The van der Waals surface area contributed by atoms with Gasteiger partial charge in [-0.25, -0.2) is 0 Å². The number of rotatable bonds is 0. The minimum atomic E-state index is 0.252. The van der Waals surface area contributed by atoms with Crippen molar-refractivity contribution < 1.29 is 4.54 Å². The number of para-hydroxylation sites is 1. The Morgan fingerprint density at radius 1 is 1.25 bits per heavy atom. The maximum atomic E-state index is 11.1. The summed E-state index contributed by atoms with van der Waals surface area (Å²) in [6.45, 7) is 0. The van der Waals surface area contributed by atoms with Crippen molar-refractivity contribution in [2.45, 2.75) is 0 Å². The third kappa shape index (κ3) is 0.852. The standard InChI is InChI=1S/C8H6N2O2/c11-9-6-5-7-3-1-2-4-8(7)10(9)12/h1-6H. The lowest BCUT2D eigenvalue weighted by atomic mass is 10.2. The molecule has 12 heavy (non-hydrogen) atoms. The summed E-state index contributed by atoms with van der Waals surface area (Å²) in [5, 5.41) is 11.9. The van der Waals surface area contributed by atoms with Gasteiger partial charge in [-0.15, -0.1) is 4.85 Å². The molecule has 0 aliphatic rings. The fourth-order valence-corrected chi connectivity index (χ4v) is 1.11. The summed E-state index contributed by atoms with van der Waals surface area (Å²) in [4.78, 5) is 11.1. The lowest BCUT2D eigenvalue weighted by Gasteiger charge is -2.02. The molecule has 0 saturated heterocycles. The Hall–Kier alpha value is -1.84. The van der Waals surface area contributed by atoms with E-state index in [1.807, 2.05) is 6.07 Å². The van der Waals surface area contributed by atoms with Gasteiger partial charge in [-0.05, 0) is 6.07 Å². The summed E-state index contributed by atoms with van der Waals surface area (Å²) in [5.41, 5.74) is 0.384. The lowest BCUT2D eigenvalue weighted by Crippen LogP contribution is -2.26. The van der Waals surface area contributed by atoms with E-state index < -0.39 is 0 Å². The largest absolute Gasteiger partial charge is 0.755 e. The van der Waals surface area contributed by atoms with Crippen molar-refractivity contribution in [3.63, 3.8) is 0 Å². The van der Waals surface area contributed by atoms with E-state index in [-0.39, 0.29) is 4.54 Å². The van der Waals surface area contributed by atoms with Gasteiger partial charge in [0.1, 0.15) is 5.52 Å². The van der Waals surface area contributed by atoms with E-state index in [9.17, 15) is 10.1 Å². The summed E-state index contributed by atoms with van der Waals surface area (Å²) < 4.78 is 0.252. The molecule has 0 radical (unpaired) electrons. The summed E-state index contributed by atoms with van der Waals surface area (Å²) in [5.74, 6) is 0. The van der Waals surface area contributed by atoms with Crippen LogP contribution in [0, 0.1) is 10.1 Å². The van der Waals surface area contributed by atoms with E-state index >= 15 is 0 Å². The van der Waals surface area contributed by atoms with Crippen LogP contribution in [0.3, 0.4) is 0 Å². The molecule has 0 aliphatic heterocycles. The molecule has 0 unspecified atom stereocenters. The van der Waals surface area contributed by atoms with Gasteiger partial charge in [-0.1, -0.05) is 18.2 Å². The molecule has 60 valence electrons. The zero-order valence-electron chi connectivity index (χ0n) is 6.18. The number of hydrogen-bond donors (Lipinski definition) is 0. The van der Waals surface area contributed by atoms with Gasteiger partial charge in [0, 0.05) is 11.5 Å². The van der Waals surface area contributed by atoms with Crippen molar-refractivity contribution in [1.29, 1.82) is 0 Å². The molecule has 0 atom stereocenters. The van der Waals surface area contributed by atoms with Gasteiger partial charge in [0.05, 0.1) is 4.91 Å². The van der Waals surface area contributed by atoms with Gasteiger partial charge in [0.15, 0.2) is 4.54 Å². The molecular weight excluding hydrogens is 156 g/mol. The maximum Gasteiger partial charge on any atom is 0.258 e. The van der Waals surface area contributed by atoms with Crippen LogP contribution >= 0.6 is 0 Å². The average molecular weight is 162 g/mol. The van der Waals surface area contributed by atoms with Crippen molar-refractivity contribution in [2.75, 3.05) is 0 Å². The third-order valence-corrected chi connectivity index (χ3v) is 1.70. The van der Waals surface area contributed by atoms with Crippen molar-refractivity contribution >= 4 is 10.9 Å². The minimum Gasteiger partial charge on any atom is -0.755 e. The molecule has 1 heterocycles. The predicted molar refractivity (Wildman–Crippen MR) is 44.1 cm³/mol. The first-order chi connectivity index (χ1) is 5.79. The number of hydrogen-bond acceptors (Lipinski definition) is 2. The van der Waals surface area contributed by atoms with Crippen LogP contribution in [0.5, 0.6) is 0 Å². The van der Waals surface area contributed by atoms with Crippen molar-refractivity contribution in [3.8, 4) is 0 Å². The molecule has 4 nitrogen and oxygen atoms in total. The van der Waals surface area contributed by atoms with E-state index in [0.717, 1.165) is 5.39 Å². The normalized spacial score (nSPS) is 10.3. The first-order valence-electron chi connectivity index (χ1n) is 3.50. The van der Waals surface area contributed by atoms with Crippen molar-refractivity contribution in [3.05, 3.63) is 46.6 Å². The first-order valence-corrected chi connectivity index (χ1v) is 3.50. The first kappa shape index (κ1) is 6.84. The highest BCUT2D eigenvalue weighted by atomic mass is 16.5. The zero-order valence-corrected chi connectivity index (χ0v) is 6.18. The fraction of sp³-hybridized carbons (Fsp3) is 0. The van der Waals surface area contributed by atoms with Crippen LogP contribution in [0.2, 0.25) is 0 Å². The number of nitrogens with zero attached hydrogens (tertiary/aromatic N) is 2. The summed E-state index contributed by atoms with van der Waals surface area (Å²) in [6.07, 6.45) is 1.19. The molecule has 0 amide bonds. The molecule has 1 aromatic carbocycles. The van der Waals surface area contributed by atoms with E-state index in [1.165, 1.54) is 6.20 Å². The van der Waals surface area contributed by atoms with Crippen molar-refractivity contribution in [2.24, 2.45) is 0 Å². The highest BCUT2D eigenvalue weighted by molar-refractivity contribution is 5.77. The number of fused-ring (bicyclic) bond motifs is 1. The van der Waals surface area contributed by atoms with Gasteiger partial charge < -0.3 is 5.21 Å². The Labute approximate surface area is 67.8 Å². The Balaban J connectivity index is 3.01. The fourth-order valence-electron chi connectivity index (χ4n) is 1.11. The van der Waals surface area contributed by atoms with E-state index in [2.05, 4.69) is 0 Å². The molecule has 2 aromatic rings. The topological polar surface area (TPSA) is 51.0 Å². The zero-order chi connectivity index (χ0) is 8.55. The molecule has 0 N–H and O–H groups in total. The summed E-state index contributed by atoms with van der Waals surface area (Å²) in [6, 6.07) is 8.53. The lowest BCUT2D eigenvalue weighted by molar-refractivity contribution is -0.583. The second-order valence-corrected chi connectivity index (χ2v) is 2.45. The second kappa shape index (κ2) is 2.34. The van der Waals surface area contributed by atoms with Gasteiger partial charge in [-0.2, -0.15) is 0 Å². The average Bonchev–Trinajstić information content (AvgIpc) is 2.12. The Morgan fingerprint density at radius 2 is 2.00 bits per heavy atom. The highest BCUT2D eigenvalue weighted by Crippen LogP contribution is 2.08. The molecule has 0 aliphatic carbocycles. The summed E-state index contributed by atoms with van der Waals surface area (Å²) in [7, 11) is 0. The minimum absolute atomic E-state index is 0.252. The SMILES string of the molecule is O=[n+]1ccc2ccccc2n1[O-]. The monoisotopic (exact) mass is 162 g/mol. The second-order valence-electron chi connectivity index (χ2n) is 2.45. The van der Waals surface area contributed by atoms with Crippen molar-refractivity contribution in [1.82, 2.24) is 4.85 Å². The van der Waals surface area contributed by atoms with Gasteiger partial charge in [0.2, 0.25) is 0 Å². The Morgan fingerprint density at radius 3 is 2.83 bits per heavy atom. The third-order valence-electron chi connectivity index (χ3n) is 1.70. The van der Waals surface area contributed by atoms with Crippen LogP contribution in [0.1, 0.15) is 0 Å². The van der Waals surface area contributed by atoms with E-state index in [0.29, 0.717) is 10.4 Å². The van der Waals surface area contributed by atoms with Crippen LogP contribution < -0.4 is 4.54 Å². The van der Waals surface area contributed by atoms with Gasteiger partial charge >= 0.3 is 0 Å². The Kier molecular flexibility index (Phi) is 1.33. The van der Waals surface area contributed by atoms with E-state index in [4.69, 9.17) is 0 Å². The predicted octanol–water partition coefficient (Wildman–Crippen LogP) is 0.902. The molecule has 1 aromatic heterocycles.